The van der Waals surface area contributed by atoms with Crippen LogP contribution in [0.2, 0.25) is 0 Å². The summed E-state index contributed by atoms with van der Waals surface area (Å²) in [5.74, 6) is -1.15. The molecule has 0 aliphatic heterocycles. The number of hydrogen-bond donors (Lipinski definition) is 0. The molecule has 7 heteroatoms. The summed E-state index contributed by atoms with van der Waals surface area (Å²) in [5, 5.41) is 2.48. The summed E-state index contributed by atoms with van der Waals surface area (Å²) in [5.41, 5.74) is 0.445. The first kappa shape index (κ1) is 16.0. The summed E-state index contributed by atoms with van der Waals surface area (Å²) < 4.78 is 0. The average molecular weight is 347 g/mol. The number of allylic oxidation sites excluding steroid dienone is 2. The van der Waals surface area contributed by atoms with Crippen molar-refractivity contribution in [1.29, 1.82) is 0 Å². The predicted octanol–water partition coefficient (Wildman–Crippen LogP) is 3.51. The van der Waals surface area contributed by atoms with E-state index in [0.717, 1.165) is 0 Å². The van der Waals surface area contributed by atoms with Crippen LogP contribution in [0.4, 0.5) is 0 Å². The van der Waals surface area contributed by atoms with E-state index in [1.54, 1.807) is 30.3 Å². The van der Waals surface area contributed by atoms with Crippen molar-refractivity contribution in [3.63, 3.8) is 0 Å². The Hall–Kier alpha value is -1.36. The zero-order valence-electron chi connectivity index (χ0n) is 10.8. The van der Waals surface area contributed by atoms with Gasteiger partial charge in [-0.2, -0.15) is 0 Å². The molecule has 1 aromatic rings. The number of benzene rings is 1. The Morgan fingerprint density at radius 3 is 2.57 bits per heavy atom. The van der Waals surface area contributed by atoms with E-state index in [9.17, 15) is 9.59 Å². The van der Waals surface area contributed by atoms with Crippen LogP contribution in [0.5, 0.6) is 0 Å². The molecular formula is C14H10Cl3NO3. The maximum absolute atomic E-state index is 11.8. The molecule has 4 nitrogen and oxygen atoms in total. The van der Waals surface area contributed by atoms with E-state index >= 15 is 0 Å². The molecule has 0 aromatic heterocycles. The molecular weight excluding hydrogens is 337 g/mol. The largest absolute Gasteiger partial charge is 0.365 e. The molecule has 0 radical (unpaired) electrons. The molecule has 0 spiro atoms. The molecule has 2 atom stereocenters. The van der Waals surface area contributed by atoms with Crippen LogP contribution in [-0.2, 0) is 9.63 Å². The monoisotopic (exact) mass is 345 g/mol. The molecule has 0 bridgehead atoms. The van der Waals surface area contributed by atoms with Crippen molar-refractivity contribution in [2.75, 3.05) is 0 Å². The minimum Gasteiger partial charge on any atom is -0.312 e. The molecule has 0 fully saturated rings. The van der Waals surface area contributed by atoms with Crippen molar-refractivity contribution in [3.05, 3.63) is 47.0 Å². The van der Waals surface area contributed by atoms with Crippen LogP contribution in [0.15, 0.2) is 46.6 Å². The zero-order valence-corrected chi connectivity index (χ0v) is 13.1. The SMILES string of the molecule is CC1(Cl)/C(=N/OC(=O)c2ccccc2)C=C(Cl)C(=O)C1Cl. The lowest BCUT2D eigenvalue weighted by atomic mass is 9.91. The number of halogens is 3. The van der Waals surface area contributed by atoms with Gasteiger partial charge in [-0.15, -0.1) is 23.2 Å². The Kier molecular flexibility index (Phi) is 4.71. The minimum absolute atomic E-state index is 0.109. The molecule has 21 heavy (non-hydrogen) atoms. The molecule has 110 valence electrons. The fourth-order valence-electron chi connectivity index (χ4n) is 1.66. The van der Waals surface area contributed by atoms with Crippen molar-refractivity contribution in [2.45, 2.75) is 17.2 Å². The average Bonchev–Trinajstić information content (AvgIpc) is 2.48. The third-order valence-corrected chi connectivity index (χ3v) is 4.40. The summed E-state index contributed by atoms with van der Waals surface area (Å²) in [7, 11) is 0. The number of alkyl halides is 2. The van der Waals surface area contributed by atoms with Crippen LogP contribution < -0.4 is 0 Å². The predicted molar refractivity (Wildman–Crippen MR) is 82.1 cm³/mol. The molecule has 1 aliphatic carbocycles. The fourth-order valence-corrected chi connectivity index (χ4v) is 2.35. The summed E-state index contributed by atoms with van der Waals surface area (Å²) in [6, 6.07) is 8.33. The molecule has 1 aliphatic rings. The smallest absolute Gasteiger partial charge is 0.312 e. The number of hydrogen-bond acceptors (Lipinski definition) is 4. The lowest BCUT2D eigenvalue weighted by Crippen LogP contribution is -2.46. The lowest BCUT2D eigenvalue weighted by Gasteiger charge is -2.29. The quantitative estimate of drug-likeness (QED) is 0.468. The number of carbonyl (C=O) groups is 2. The Bertz CT molecular complexity index is 638. The van der Waals surface area contributed by atoms with Gasteiger partial charge in [0.1, 0.15) is 16.0 Å². The van der Waals surface area contributed by atoms with Crippen molar-refractivity contribution in [2.24, 2.45) is 5.16 Å². The third-order valence-electron chi connectivity index (χ3n) is 2.94. The highest BCUT2D eigenvalue weighted by molar-refractivity contribution is 6.57. The highest BCUT2D eigenvalue weighted by Gasteiger charge is 2.45. The maximum atomic E-state index is 11.8. The lowest BCUT2D eigenvalue weighted by molar-refractivity contribution is -0.115. The van der Waals surface area contributed by atoms with Crippen molar-refractivity contribution in [3.8, 4) is 0 Å². The Balaban J connectivity index is 2.24. The van der Waals surface area contributed by atoms with E-state index in [4.69, 9.17) is 39.6 Å². The first-order chi connectivity index (χ1) is 9.84. The molecule has 0 amide bonds. The van der Waals surface area contributed by atoms with E-state index in [1.807, 2.05) is 0 Å². The van der Waals surface area contributed by atoms with Gasteiger partial charge in [0.2, 0.25) is 0 Å². The summed E-state index contributed by atoms with van der Waals surface area (Å²) in [4.78, 5) is 27.0. The fraction of sp³-hybridized carbons (Fsp3) is 0.214. The third kappa shape index (κ3) is 3.28. The van der Waals surface area contributed by atoms with Crippen LogP contribution in [0, 0.1) is 0 Å². The zero-order chi connectivity index (χ0) is 15.6. The highest BCUT2D eigenvalue weighted by atomic mass is 35.5. The van der Waals surface area contributed by atoms with E-state index in [1.165, 1.54) is 13.0 Å². The molecule has 0 saturated carbocycles. The second-order valence-electron chi connectivity index (χ2n) is 4.52. The minimum atomic E-state index is -1.31. The molecule has 2 unspecified atom stereocenters. The van der Waals surface area contributed by atoms with Crippen LogP contribution in [0.25, 0.3) is 0 Å². The van der Waals surface area contributed by atoms with Gasteiger partial charge >= 0.3 is 5.97 Å². The summed E-state index contributed by atoms with van der Waals surface area (Å²) in [6.45, 7) is 1.50. The van der Waals surface area contributed by atoms with E-state index in [2.05, 4.69) is 5.16 Å². The van der Waals surface area contributed by atoms with Gasteiger partial charge in [0.05, 0.1) is 10.6 Å². The highest BCUT2D eigenvalue weighted by Crippen LogP contribution is 2.34. The summed E-state index contributed by atoms with van der Waals surface area (Å²) >= 11 is 17.9. The van der Waals surface area contributed by atoms with Gasteiger partial charge in [-0.3, -0.25) is 4.79 Å². The molecule has 0 saturated heterocycles. The molecule has 0 N–H and O–H groups in total. The second-order valence-corrected chi connectivity index (χ2v) is 6.14. The van der Waals surface area contributed by atoms with Gasteiger partial charge in [0.25, 0.3) is 0 Å². The Morgan fingerprint density at radius 1 is 1.33 bits per heavy atom. The van der Waals surface area contributed by atoms with Crippen LogP contribution >= 0.6 is 34.8 Å². The maximum Gasteiger partial charge on any atom is 0.365 e. The van der Waals surface area contributed by atoms with Crippen molar-refractivity contribution >= 4 is 52.3 Å². The van der Waals surface area contributed by atoms with Gasteiger partial charge in [-0.05, 0) is 25.1 Å². The van der Waals surface area contributed by atoms with Crippen molar-refractivity contribution < 1.29 is 14.4 Å². The number of ketones is 1. The van der Waals surface area contributed by atoms with Crippen LogP contribution in [-0.4, -0.2) is 27.7 Å². The standard InChI is InChI=1S/C14H10Cl3NO3/c1-14(17)10(7-9(15)11(19)12(14)16)18-21-13(20)8-5-3-2-4-6-8/h2-7,12H,1H3/b18-10+. The first-order valence-corrected chi connectivity index (χ1v) is 7.12. The molecule has 1 aromatic carbocycles. The Labute approximate surface area is 136 Å². The van der Waals surface area contributed by atoms with Gasteiger partial charge in [0.15, 0.2) is 5.78 Å². The van der Waals surface area contributed by atoms with Gasteiger partial charge in [-0.1, -0.05) is 35.0 Å². The van der Waals surface area contributed by atoms with E-state index in [0.29, 0.717) is 5.56 Å². The number of oxime groups is 1. The van der Waals surface area contributed by atoms with E-state index in [-0.39, 0.29) is 10.7 Å². The van der Waals surface area contributed by atoms with Crippen LogP contribution in [0.3, 0.4) is 0 Å². The van der Waals surface area contributed by atoms with Crippen LogP contribution in [0.1, 0.15) is 17.3 Å². The van der Waals surface area contributed by atoms with Gasteiger partial charge in [0, 0.05) is 0 Å². The molecule has 2 rings (SSSR count). The number of nitrogens with zero attached hydrogens (tertiary/aromatic N) is 1. The molecule has 0 heterocycles. The van der Waals surface area contributed by atoms with Gasteiger partial charge < -0.3 is 4.84 Å². The van der Waals surface area contributed by atoms with Gasteiger partial charge in [-0.25, -0.2) is 4.79 Å². The topological polar surface area (TPSA) is 55.7 Å². The van der Waals surface area contributed by atoms with E-state index < -0.39 is 22.0 Å². The normalized spacial score (nSPS) is 27.4. The summed E-state index contributed by atoms with van der Waals surface area (Å²) in [6.07, 6.45) is 1.24. The number of Topliss-reactive ketones (excluding diaryl/α,β-unsaturated/α-hetero) is 1. The Morgan fingerprint density at radius 2 is 1.95 bits per heavy atom. The van der Waals surface area contributed by atoms with Crippen molar-refractivity contribution in [1.82, 2.24) is 0 Å². The number of carbonyl (C=O) groups excluding carboxylic acids is 2. The first-order valence-electron chi connectivity index (χ1n) is 5.93. The number of rotatable bonds is 2. The second kappa shape index (κ2) is 6.18.